The van der Waals surface area contributed by atoms with Crippen molar-refractivity contribution in [3.63, 3.8) is 0 Å². The first kappa shape index (κ1) is 15.9. The summed E-state index contributed by atoms with van der Waals surface area (Å²) >= 11 is 0. The molecule has 1 aliphatic rings. The van der Waals surface area contributed by atoms with Crippen LogP contribution in [-0.2, 0) is 20.8 Å². The number of likely N-dealkylation sites (N-methyl/N-ethyl adjacent to an activating group) is 1. The number of hydrazine groups is 1. The molecule has 3 amide bonds. The fourth-order valence-electron chi connectivity index (χ4n) is 2.40. The van der Waals surface area contributed by atoms with Crippen LogP contribution in [0.15, 0.2) is 24.5 Å². The molecule has 1 aromatic heterocycles. The minimum atomic E-state index is -0.910. The van der Waals surface area contributed by atoms with Crippen molar-refractivity contribution >= 4 is 17.7 Å². The Labute approximate surface area is 129 Å². The predicted molar refractivity (Wildman–Crippen MR) is 79.2 cm³/mol. The first-order valence-electron chi connectivity index (χ1n) is 7.27. The first-order chi connectivity index (χ1) is 10.5. The van der Waals surface area contributed by atoms with E-state index in [0.29, 0.717) is 19.5 Å². The molecule has 1 aliphatic heterocycles. The van der Waals surface area contributed by atoms with Crippen LogP contribution in [0.25, 0.3) is 0 Å². The Hall–Kier alpha value is -2.44. The predicted octanol–water partition coefficient (Wildman–Crippen LogP) is -0.0179. The van der Waals surface area contributed by atoms with Crippen LogP contribution < -0.4 is 5.43 Å². The second-order valence-corrected chi connectivity index (χ2v) is 5.21. The second kappa shape index (κ2) is 7.02. The lowest BCUT2D eigenvalue weighted by Gasteiger charge is -2.21. The number of pyridine rings is 1. The summed E-state index contributed by atoms with van der Waals surface area (Å²) < 4.78 is 0. The maximum atomic E-state index is 12.3. The Morgan fingerprint density at radius 2 is 2.05 bits per heavy atom. The molecule has 1 unspecified atom stereocenters. The lowest BCUT2D eigenvalue weighted by Crippen LogP contribution is -2.36. The highest BCUT2D eigenvalue weighted by Crippen LogP contribution is 2.15. The fraction of sp³-hybridized carbons (Fsp3) is 0.467. The lowest BCUT2D eigenvalue weighted by atomic mass is 10.0. The monoisotopic (exact) mass is 304 g/mol. The molecule has 7 heteroatoms. The Balaban J connectivity index is 1.92. The smallest absolute Gasteiger partial charge is 0.253 e. The van der Waals surface area contributed by atoms with Gasteiger partial charge in [-0.1, -0.05) is 0 Å². The highest BCUT2D eigenvalue weighted by atomic mass is 16.2. The van der Waals surface area contributed by atoms with Crippen molar-refractivity contribution in [2.75, 3.05) is 20.1 Å². The van der Waals surface area contributed by atoms with Crippen LogP contribution in [0.2, 0.25) is 0 Å². The molecule has 1 N–H and O–H groups in total. The summed E-state index contributed by atoms with van der Waals surface area (Å²) in [5.74, 6) is -1.86. The third-order valence-corrected chi connectivity index (χ3v) is 3.76. The maximum Gasteiger partial charge on any atom is 0.253 e. The molecule has 2 rings (SSSR count). The summed E-state index contributed by atoms with van der Waals surface area (Å²) in [6.45, 7) is 2.98. The normalized spacial score (nSPS) is 17.5. The van der Waals surface area contributed by atoms with Crippen molar-refractivity contribution in [3.8, 4) is 0 Å². The summed E-state index contributed by atoms with van der Waals surface area (Å²) in [6, 6.07) is 3.81. The zero-order valence-electron chi connectivity index (χ0n) is 12.8. The summed E-state index contributed by atoms with van der Waals surface area (Å²) in [6.07, 6.45) is 4.06. The minimum absolute atomic E-state index is 0.0841. The van der Waals surface area contributed by atoms with Crippen LogP contribution in [-0.4, -0.2) is 52.8 Å². The largest absolute Gasteiger partial charge is 0.343 e. The Bertz CT molecular complexity index is 561. The average molecular weight is 304 g/mol. The molecule has 0 bridgehead atoms. The van der Waals surface area contributed by atoms with Gasteiger partial charge in [-0.25, -0.2) is 0 Å². The van der Waals surface area contributed by atoms with Crippen molar-refractivity contribution in [2.24, 2.45) is 5.92 Å². The highest BCUT2D eigenvalue weighted by molar-refractivity contribution is 6.07. The number of carbonyl (C=O) groups excluding carboxylic acids is 3. The van der Waals surface area contributed by atoms with Gasteiger partial charge in [0.2, 0.25) is 5.91 Å². The van der Waals surface area contributed by atoms with E-state index < -0.39 is 11.8 Å². The van der Waals surface area contributed by atoms with Crippen molar-refractivity contribution < 1.29 is 14.4 Å². The van der Waals surface area contributed by atoms with E-state index in [1.807, 2.05) is 19.1 Å². The third kappa shape index (κ3) is 3.60. The van der Waals surface area contributed by atoms with Crippen LogP contribution in [0.4, 0.5) is 0 Å². The van der Waals surface area contributed by atoms with Gasteiger partial charge >= 0.3 is 0 Å². The minimum Gasteiger partial charge on any atom is -0.343 e. The van der Waals surface area contributed by atoms with E-state index in [9.17, 15) is 14.4 Å². The SMILES string of the molecule is CCN(CCc1ccncc1)C(=O)CC1C(=O)NN(C)C1=O. The maximum absolute atomic E-state index is 12.3. The van der Waals surface area contributed by atoms with E-state index in [2.05, 4.69) is 10.4 Å². The number of nitrogens with zero attached hydrogens (tertiary/aromatic N) is 3. The van der Waals surface area contributed by atoms with Gasteiger partial charge in [0.1, 0.15) is 5.92 Å². The molecule has 0 spiro atoms. The number of amides is 3. The van der Waals surface area contributed by atoms with Gasteiger partial charge in [-0.15, -0.1) is 0 Å². The number of rotatable bonds is 6. The lowest BCUT2D eigenvalue weighted by molar-refractivity contribution is -0.139. The van der Waals surface area contributed by atoms with E-state index in [1.165, 1.54) is 7.05 Å². The van der Waals surface area contributed by atoms with Crippen LogP contribution in [0, 0.1) is 5.92 Å². The van der Waals surface area contributed by atoms with E-state index in [4.69, 9.17) is 0 Å². The Kier molecular flexibility index (Phi) is 5.08. The van der Waals surface area contributed by atoms with E-state index in [0.717, 1.165) is 10.6 Å². The van der Waals surface area contributed by atoms with E-state index in [-0.39, 0.29) is 18.2 Å². The third-order valence-electron chi connectivity index (χ3n) is 3.76. The van der Waals surface area contributed by atoms with Crippen molar-refractivity contribution in [3.05, 3.63) is 30.1 Å². The number of carbonyl (C=O) groups is 3. The van der Waals surface area contributed by atoms with Gasteiger partial charge in [0, 0.05) is 39.0 Å². The fourth-order valence-corrected chi connectivity index (χ4v) is 2.40. The van der Waals surface area contributed by atoms with Gasteiger partial charge < -0.3 is 4.90 Å². The number of nitrogens with one attached hydrogen (secondary N) is 1. The average Bonchev–Trinajstić information content (AvgIpc) is 2.75. The van der Waals surface area contributed by atoms with Crippen LogP contribution in [0.5, 0.6) is 0 Å². The van der Waals surface area contributed by atoms with Gasteiger partial charge in [0.15, 0.2) is 0 Å². The number of hydrogen-bond acceptors (Lipinski definition) is 4. The molecule has 22 heavy (non-hydrogen) atoms. The van der Waals surface area contributed by atoms with Gasteiger partial charge in [0.25, 0.3) is 11.8 Å². The van der Waals surface area contributed by atoms with Gasteiger partial charge in [-0.3, -0.25) is 29.8 Å². The second-order valence-electron chi connectivity index (χ2n) is 5.21. The molecule has 0 radical (unpaired) electrons. The van der Waals surface area contributed by atoms with E-state index >= 15 is 0 Å². The Morgan fingerprint density at radius 3 is 2.59 bits per heavy atom. The molecular formula is C15H20N4O3. The molecule has 2 heterocycles. The molecule has 0 saturated carbocycles. The van der Waals surface area contributed by atoms with Crippen LogP contribution in [0.3, 0.4) is 0 Å². The molecule has 0 aromatic carbocycles. The van der Waals surface area contributed by atoms with E-state index in [1.54, 1.807) is 17.3 Å². The molecule has 1 atom stereocenters. The molecule has 1 fully saturated rings. The summed E-state index contributed by atoms with van der Waals surface area (Å²) in [7, 11) is 1.48. The molecular weight excluding hydrogens is 284 g/mol. The van der Waals surface area contributed by atoms with Gasteiger partial charge in [-0.2, -0.15) is 0 Å². The molecule has 118 valence electrons. The van der Waals surface area contributed by atoms with Crippen LogP contribution >= 0.6 is 0 Å². The molecule has 7 nitrogen and oxygen atoms in total. The zero-order chi connectivity index (χ0) is 16.1. The summed E-state index contributed by atoms with van der Waals surface area (Å²) in [5, 5.41) is 1.13. The molecule has 1 aromatic rings. The number of aromatic nitrogens is 1. The van der Waals surface area contributed by atoms with Crippen LogP contribution in [0.1, 0.15) is 18.9 Å². The van der Waals surface area contributed by atoms with Crippen molar-refractivity contribution in [1.29, 1.82) is 0 Å². The molecule has 0 aliphatic carbocycles. The summed E-state index contributed by atoms with van der Waals surface area (Å²) in [5.41, 5.74) is 3.50. The van der Waals surface area contributed by atoms with Gasteiger partial charge in [0.05, 0.1) is 0 Å². The van der Waals surface area contributed by atoms with Gasteiger partial charge in [-0.05, 0) is 31.0 Å². The topological polar surface area (TPSA) is 82.6 Å². The van der Waals surface area contributed by atoms with Crippen molar-refractivity contribution in [2.45, 2.75) is 19.8 Å². The molecule has 1 saturated heterocycles. The summed E-state index contributed by atoms with van der Waals surface area (Å²) in [4.78, 5) is 41.4. The first-order valence-corrected chi connectivity index (χ1v) is 7.27. The highest BCUT2D eigenvalue weighted by Gasteiger charge is 2.39. The quantitative estimate of drug-likeness (QED) is 0.749. The number of hydrogen-bond donors (Lipinski definition) is 1. The zero-order valence-corrected chi connectivity index (χ0v) is 12.8. The van der Waals surface area contributed by atoms with Crippen molar-refractivity contribution in [1.82, 2.24) is 20.3 Å². The Morgan fingerprint density at radius 1 is 1.36 bits per heavy atom. The standard InChI is InChI=1S/C15H20N4O3/c1-3-19(9-6-11-4-7-16-8-5-11)13(20)10-12-14(21)17-18(2)15(12)22/h4-5,7-8,12H,3,6,9-10H2,1-2H3,(H,17,21).